The molecule has 0 saturated heterocycles. The summed E-state index contributed by atoms with van der Waals surface area (Å²) in [7, 11) is 8.22. The summed E-state index contributed by atoms with van der Waals surface area (Å²) in [6.07, 6.45) is 0. The molecule has 0 bridgehead atoms. The number of rotatable bonds is 0. The van der Waals surface area contributed by atoms with Crippen LogP contribution in [0.25, 0.3) is 0 Å². The summed E-state index contributed by atoms with van der Waals surface area (Å²) in [4.78, 5) is 19.5. The normalized spacial score (nSPS) is 11.4. The van der Waals surface area contributed by atoms with Gasteiger partial charge in [-0.05, 0) is 27.7 Å². The summed E-state index contributed by atoms with van der Waals surface area (Å²) in [6.45, 7) is 5.68. The van der Waals surface area contributed by atoms with Gasteiger partial charge >= 0.3 is 84.9 Å². The number of carbonyl (C=O) groups excluding carboxylic acids is 2. The van der Waals surface area contributed by atoms with E-state index in [2.05, 4.69) is 21.7 Å². The van der Waals surface area contributed by atoms with Crippen LogP contribution in [0.5, 0.6) is 0 Å². The standard InChI is InChI=1S/C3H3Cl5.C3H3Cl3O.C3H6O.Cl5P.Cl2.2Cr.3O/c1-2(4,5)3(6,7)8;1-2(7)3(4,5)6;1-3(2)4;1-6(2,3,4)5;1-2;;;;;/h1H3;1H3;1-2H3;;;;;;;. The predicted octanol–water partition coefficient (Wildman–Crippen LogP) is 11.4. The molecule has 0 heterocycles. The molecule has 0 atom stereocenters. The van der Waals surface area contributed by atoms with Gasteiger partial charge in [0.15, 0.2) is 10.1 Å². The first-order chi connectivity index (χ1) is 12.9. The minimum absolute atomic E-state index is 0. The van der Waals surface area contributed by atoms with Gasteiger partial charge in [0.25, 0.3) is 0 Å². The molecule has 0 unspecified atom stereocenters. The van der Waals surface area contributed by atoms with E-state index in [-0.39, 0.29) is 23.1 Å². The van der Waals surface area contributed by atoms with Gasteiger partial charge in [0.1, 0.15) is 5.78 Å². The molecule has 0 aliphatic rings. The molecule has 0 aliphatic carbocycles. The van der Waals surface area contributed by atoms with E-state index in [9.17, 15) is 9.59 Å². The van der Waals surface area contributed by atoms with Crippen molar-refractivity contribution >= 4 is 186 Å². The molecule has 200 valence electrons. The van der Waals surface area contributed by atoms with Gasteiger partial charge in [-0.25, -0.2) is 0 Å². The van der Waals surface area contributed by atoms with Crippen molar-refractivity contribution in [3.05, 3.63) is 0 Å². The molecule has 0 fully saturated rings. The molecule has 0 saturated carbocycles. The number of halogens is 15. The number of hydrogen-bond donors (Lipinski definition) is 0. The summed E-state index contributed by atoms with van der Waals surface area (Å²) in [6, 6.07) is 0. The van der Waals surface area contributed by atoms with Crippen LogP contribution in [-0.4, -0.2) is 23.5 Å². The fraction of sp³-hybridized carbons (Fsp3) is 0.778. The van der Waals surface area contributed by atoms with Gasteiger partial charge in [-0.3, -0.25) is 4.79 Å². The zero-order chi connectivity index (χ0) is 27.7. The third-order valence-corrected chi connectivity index (χ3v) is 3.98. The molecular weight excluding hydrogens is 855 g/mol. The van der Waals surface area contributed by atoms with Crippen LogP contribution in [0.1, 0.15) is 27.7 Å². The molecule has 5 nitrogen and oxygen atoms in total. The first-order valence-electron chi connectivity index (χ1n) is 5.91. The Balaban J connectivity index is -0.0000000486. The number of alkyl halides is 8. The molecule has 0 amide bonds. The van der Waals surface area contributed by atoms with Crippen molar-refractivity contribution in [3.8, 4) is 0 Å². The third kappa shape index (κ3) is 102. The van der Waals surface area contributed by atoms with E-state index in [4.69, 9.17) is 160 Å². The van der Waals surface area contributed by atoms with Gasteiger partial charge < -0.3 is 4.79 Å². The Labute approximate surface area is 274 Å². The van der Waals surface area contributed by atoms with Gasteiger partial charge in [0, 0.05) is 39.1 Å². The summed E-state index contributed by atoms with van der Waals surface area (Å²) in [5.41, 5.74) is 0. The first kappa shape index (κ1) is 52.9. The van der Waals surface area contributed by atoms with Gasteiger partial charge in [-0.1, -0.05) is 92.8 Å². The van der Waals surface area contributed by atoms with Crippen LogP contribution < -0.4 is 0 Å². The summed E-state index contributed by atoms with van der Waals surface area (Å²) in [5.74, 6) is -0.294. The molecule has 23 heteroatoms. The number of hydrogen-bond acceptors (Lipinski definition) is 5. The van der Waals surface area contributed by atoms with Crippen molar-refractivity contribution in [1.29, 1.82) is 0 Å². The molecular formula is C9H12Cl15Cr2O5P. The van der Waals surface area contributed by atoms with Crippen LogP contribution in [0.2, 0.25) is 0 Å². The number of carbonyl (C=O) groups is 2. The summed E-state index contributed by atoms with van der Waals surface area (Å²) >= 11 is 62.8. The van der Waals surface area contributed by atoms with Crippen LogP contribution >= 0.6 is 174 Å². The van der Waals surface area contributed by atoms with Crippen LogP contribution in [-0.2, 0) is 52.3 Å². The Bertz CT molecular complexity index is 562. The van der Waals surface area contributed by atoms with E-state index in [0.717, 1.165) is 0 Å². The molecule has 32 heavy (non-hydrogen) atoms. The molecule has 0 radical (unpaired) electrons. The molecule has 0 aromatic heterocycles. The summed E-state index contributed by atoms with van der Waals surface area (Å²) in [5, 5.41) is 0. The van der Waals surface area contributed by atoms with E-state index in [1.54, 1.807) is 0 Å². The molecule has 0 aliphatic heterocycles. The Morgan fingerprint density at radius 3 is 0.750 bits per heavy atom. The Morgan fingerprint density at radius 1 is 0.688 bits per heavy atom. The topological polar surface area (TPSA) is 85.3 Å². The third-order valence-electron chi connectivity index (χ3n) is 0.897. The van der Waals surface area contributed by atoms with Gasteiger partial charge in [-0.15, -0.1) is 0 Å². The SMILES string of the molecule is CC(=O)C(Cl)(Cl)Cl.CC(C)=O.CC(Cl)(Cl)C(Cl)(Cl)Cl.ClCl.ClP(Cl)(Cl)(Cl)Cl.[Cr].[O]=[Cr](=[O])=[O]. The van der Waals surface area contributed by atoms with Crippen molar-refractivity contribution < 1.29 is 52.3 Å². The molecule has 0 aromatic carbocycles. The molecule has 0 spiro atoms. The fourth-order valence-electron chi connectivity index (χ4n) is 0. The van der Waals surface area contributed by atoms with Crippen LogP contribution in [0.3, 0.4) is 0 Å². The van der Waals surface area contributed by atoms with Crippen LogP contribution in [0.4, 0.5) is 0 Å². The maximum absolute atomic E-state index is 10.1. The average molecular weight is 867 g/mol. The quantitative estimate of drug-likeness (QED) is 0.179. The van der Waals surface area contributed by atoms with Gasteiger partial charge in [0.05, 0.1) is 0 Å². The first-order valence-corrected chi connectivity index (χ1v) is 18.4. The predicted molar refractivity (Wildman–Crippen MR) is 138 cm³/mol. The average Bonchev–Trinajstić information content (AvgIpc) is 2.33. The van der Waals surface area contributed by atoms with E-state index in [1.165, 1.54) is 27.7 Å². The fourth-order valence-corrected chi connectivity index (χ4v) is 0. The van der Waals surface area contributed by atoms with Gasteiger partial charge in [0.2, 0.25) is 7.59 Å². The van der Waals surface area contributed by atoms with Crippen molar-refractivity contribution in [2.75, 3.05) is 0 Å². The maximum atomic E-state index is 10.1. The Kier molecular flexibility index (Phi) is 40.7. The van der Waals surface area contributed by atoms with Crippen molar-refractivity contribution in [2.45, 2.75) is 39.6 Å². The van der Waals surface area contributed by atoms with Crippen molar-refractivity contribution in [1.82, 2.24) is 0 Å². The Hall–Kier alpha value is 4.58. The van der Waals surface area contributed by atoms with E-state index >= 15 is 0 Å². The van der Waals surface area contributed by atoms with Crippen molar-refractivity contribution in [2.24, 2.45) is 0 Å². The van der Waals surface area contributed by atoms with E-state index in [0.29, 0.717) is 0 Å². The van der Waals surface area contributed by atoms with E-state index in [1.807, 2.05) is 0 Å². The molecule has 0 N–H and O–H groups in total. The van der Waals surface area contributed by atoms with E-state index < -0.39 is 35.0 Å². The zero-order valence-electron chi connectivity index (χ0n) is 15.5. The summed E-state index contributed by atoms with van der Waals surface area (Å²) < 4.78 is 17.3. The second-order valence-corrected chi connectivity index (χ2v) is 27.7. The minimum atomic E-state index is -3.79. The van der Waals surface area contributed by atoms with Gasteiger partial charge in [-0.2, -0.15) is 0 Å². The van der Waals surface area contributed by atoms with Crippen LogP contribution in [0, 0.1) is 0 Å². The zero-order valence-corrected chi connectivity index (χ0v) is 30.3. The van der Waals surface area contributed by atoms with Crippen molar-refractivity contribution in [3.63, 3.8) is 0 Å². The molecule has 0 rings (SSSR count). The second-order valence-electron chi connectivity index (χ2n) is 4.19. The second kappa shape index (κ2) is 24.6. The number of ketones is 2. The number of Topliss-reactive ketones (excluding diaryl/α,β-unsaturated/α-hetero) is 2. The Morgan fingerprint density at radius 2 is 0.750 bits per heavy atom. The monoisotopic (exact) mass is 859 g/mol. The molecule has 0 aromatic rings. The van der Waals surface area contributed by atoms with Crippen LogP contribution in [0.15, 0.2) is 0 Å².